The van der Waals surface area contributed by atoms with Gasteiger partial charge in [0, 0.05) is 38.5 Å². The lowest BCUT2D eigenvalue weighted by Crippen LogP contribution is -2.31. The van der Waals surface area contributed by atoms with Crippen molar-refractivity contribution in [3.63, 3.8) is 0 Å². The third-order valence-electron chi connectivity index (χ3n) is 4.94. The van der Waals surface area contributed by atoms with Crippen molar-refractivity contribution in [2.45, 2.75) is 33.2 Å². The van der Waals surface area contributed by atoms with Gasteiger partial charge in [0.25, 0.3) is 0 Å². The second-order valence-corrected chi connectivity index (χ2v) is 8.52. The monoisotopic (exact) mass is 436 g/mol. The summed E-state index contributed by atoms with van der Waals surface area (Å²) in [4.78, 5) is 28.4. The molecule has 0 unspecified atom stereocenters. The normalized spacial score (nSPS) is 15.6. The molecule has 0 bridgehead atoms. The number of hydrogen-bond acceptors (Lipinski definition) is 6. The number of pyridine rings is 2. The molecule has 3 rings (SSSR count). The van der Waals surface area contributed by atoms with Gasteiger partial charge in [0.1, 0.15) is 17.9 Å². The van der Waals surface area contributed by atoms with Crippen molar-refractivity contribution in [3.8, 4) is 22.9 Å². The number of nitrogens with zero attached hydrogens (tertiary/aromatic N) is 2. The first-order chi connectivity index (χ1) is 14.1. The summed E-state index contributed by atoms with van der Waals surface area (Å²) in [5.74, 6) is -0.486. The van der Waals surface area contributed by atoms with Crippen LogP contribution in [0.1, 0.15) is 43.6 Å². The van der Waals surface area contributed by atoms with Crippen LogP contribution in [0.5, 0.6) is 11.5 Å². The summed E-state index contributed by atoms with van der Waals surface area (Å²) < 4.78 is 18.5. The Bertz CT molecular complexity index is 1010. The lowest BCUT2D eigenvalue weighted by Gasteiger charge is -2.32. The van der Waals surface area contributed by atoms with Crippen molar-refractivity contribution >= 4 is 17.6 Å². The van der Waals surface area contributed by atoms with Gasteiger partial charge in [0.15, 0.2) is 22.1 Å². The molecule has 1 N–H and O–H groups in total. The second kappa shape index (κ2) is 8.65. The molecule has 0 saturated heterocycles. The van der Waals surface area contributed by atoms with Gasteiger partial charge in [-0.15, -0.1) is 0 Å². The fourth-order valence-corrected chi connectivity index (χ4v) is 3.50. The highest BCUT2D eigenvalue weighted by atomic mass is 35.5. The number of rotatable bonds is 6. The number of methoxy groups -OCH3 is 1. The van der Waals surface area contributed by atoms with Crippen LogP contribution in [-0.2, 0) is 4.74 Å². The Morgan fingerprint density at radius 2 is 2.10 bits per heavy atom. The molecule has 3 heterocycles. The quantitative estimate of drug-likeness (QED) is 0.544. The van der Waals surface area contributed by atoms with Crippen molar-refractivity contribution in [2.75, 3.05) is 26.9 Å². The molecule has 1 aliphatic rings. The Kier molecular flexibility index (Phi) is 6.38. The number of carboxylic acid groups (broad SMARTS) is 1. The molecule has 2 aromatic rings. The molecule has 9 heteroatoms. The smallest absolute Gasteiger partial charge is 0.341 e. The summed E-state index contributed by atoms with van der Waals surface area (Å²) in [6.45, 7) is 7.27. The molecule has 0 aromatic carbocycles. The third-order valence-corrected chi connectivity index (χ3v) is 5.21. The molecule has 0 saturated carbocycles. The van der Waals surface area contributed by atoms with E-state index in [1.165, 1.54) is 12.3 Å². The predicted octanol–water partition coefficient (Wildman–Crippen LogP) is 3.66. The Labute approximate surface area is 179 Å². The van der Waals surface area contributed by atoms with Gasteiger partial charge in [-0.3, -0.25) is 4.79 Å². The SMILES string of the molecule is COCCCOc1cc2c(nc1Cl)-c1cc(=O)c(C(=O)O)cn1[C@H](C(C)(C)C)CO2. The number of aromatic carboxylic acids is 1. The number of halogens is 1. The summed E-state index contributed by atoms with van der Waals surface area (Å²) in [6.07, 6.45) is 2.05. The van der Waals surface area contributed by atoms with Gasteiger partial charge in [-0.2, -0.15) is 0 Å². The van der Waals surface area contributed by atoms with Gasteiger partial charge >= 0.3 is 5.97 Å². The van der Waals surface area contributed by atoms with E-state index >= 15 is 0 Å². The minimum Gasteiger partial charge on any atom is -0.490 e. The fraction of sp³-hybridized carbons (Fsp3) is 0.476. The second-order valence-electron chi connectivity index (χ2n) is 8.16. The van der Waals surface area contributed by atoms with Crippen molar-refractivity contribution < 1.29 is 24.1 Å². The lowest BCUT2D eigenvalue weighted by atomic mass is 9.86. The van der Waals surface area contributed by atoms with E-state index in [-0.39, 0.29) is 28.8 Å². The highest BCUT2D eigenvalue weighted by molar-refractivity contribution is 6.31. The van der Waals surface area contributed by atoms with Crippen LogP contribution in [0, 0.1) is 5.41 Å². The highest BCUT2D eigenvalue weighted by Gasteiger charge is 2.33. The topological polar surface area (TPSA) is 99.9 Å². The summed E-state index contributed by atoms with van der Waals surface area (Å²) in [5, 5.41) is 9.55. The fourth-order valence-electron chi connectivity index (χ4n) is 3.31. The number of ether oxygens (including phenoxy) is 3. The number of carbonyl (C=O) groups is 1. The molecule has 2 aromatic heterocycles. The van der Waals surface area contributed by atoms with Crippen LogP contribution >= 0.6 is 11.6 Å². The molecule has 162 valence electrons. The Hall–Kier alpha value is -2.58. The maximum absolute atomic E-state index is 12.4. The molecule has 8 nitrogen and oxygen atoms in total. The van der Waals surface area contributed by atoms with Gasteiger partial charge in [0.05, 0.1) is 18.3 Å². The van der Waals surface area contributed by atoms with Crippen LogP contribution in [0.3, 0.4) is 0 Å². The van der Waals surface area contributed by atoms with Gasteiger partial charge in [-0.25, -0.2) is 9.78 Å². The molecule has 0 fully saturated rings. The molecule has 0 spiro atoms. The summed E-state index contributed by atoms with van der Waals surface area (Å²) in [7, 11) is 1.62. The zero-order chi connectivity index (χ0) is 22.1. The summed E-state index contributed by atoms with van der Waals surface area (Å²) >= 11 is 6.34. The average molecular weight is 437 g/mol. The summed E-state index contributed by atoms with van der Waals surface area (Å²) in [5.41, 5.74) is -0.381. The van der Waals surface area contributed by atoms with Crippen LogP contribution in [0.2, 0.25) is 5.15 Å². The zero-order valence-electron chi connectivity index (χ0n) is 17.4. The van der Waals surface area contributed by atoms with Gasteiger partial charge in [-0.05, 0) is 5.41 Å². The minimum absolute atomic E-state index is 0.130. The standard InChI is InChI=1S/C21H25ClN2O6/c1-21(2,3)17-11-30-15-9-16(29-7-5-6-28-4)19(22)23-18(15)13-8-14(25)12(20(26)27)10-24(13)17/h8-10,17H,5-7,11H2,1-4H3,(H,26,27)/t17-/m0/s1. The number of carboxylic acids is 1. The lowest BCUT2D eigenvalue weighted by molar-refractivity contribution is 0.0693. The van der Waals surface area contributed by atoms with E-state index < -0.39 is 11.4 Å². The van der Waals surface area contributed by atoms with E-state index in [2.05, 4.69) is 4.98 Å². The largest absolute Gasteiger partial charge is 0.490 e. The predicted molar refractivity (Wildman–Crippen MR) is 112 cm³/mol. The van der Waals surface area contributed by atoms with Gasteiger partial charge in [-0.1, -0.05) is 32.4 Å². The van der Waals surface area contributed by atoms with E-state index in [0.717, 1.165) is 0 Å². The Morgan fingerprint density at radius 3 is 2.73 bits per heavy atom. The molecule has 1 aliphatic heterocycles. The Balaban J connectivity index is 2.13. The average Bonchev–Trinajstić information content (AvgIpc) is 2.81. The van der Waals surface area contributed by atoms with Crippen molar-refractivity contribution in [1.82, 2.24) is 9.55 Å². The maximum Gasteiger partial charge on any atom is 0.341 e. The van der Waals surface area contributed by atoms with E-state index in [0.29, 0.717) is 42.5 Å². The maximum atomic E-state index is 12.4. The van der Waals surface area contributed by atoms with E-state index in [9.17, 15) is 14.7 Å². The summed E-state index contributed by atoms with van der Waals surface area (Å²) in [6, 6.07) is 2.69. The van der Waals surface area contributed by atoms with Crippen LogP contribution in [0.15, 0.2) is 23.1 Å². The van der Waals surface area contributed by atoms with Crippen LogP contribution in [0.4, 0.5) is 0 Å². The Morgan fingerprint density at radius 1 is 1.37 bits per heavy atom. The van der Waals surface area contributed by atoms with Crippen LogP contribution < -0.4 is 14.9 Å². The van der Waals surface area contributed by atoms with E-state index in [1.807, 2.05) is 20.8 Å². The molecular formula is C21H25ClN2O6. The number of aromatic nitrogens is 2. The first kappa shape index (κ1) is 22.1. The van der Waals surface area contributed by atoms with Crippen molar-refractivity contribution in [2.24, 2.45) is 5.41 Å². The number of fused-ring (bicyclic) bond motifs is 3. The van der Waals surface area contributed by atoms with Crippen molar-refractivity contribution in [3.05, 3.63) is 39.3 Å². The molecule has 1 atom stereocenters. The number of hydrogen-bond donors (Lipinski definition) is 1. The first-order valence-electron chi connectivity index (χ1n) is 9.58. The third kappa shape index (κ3) is 4.44. The molecule has 30 heavy (non-hydrogen) atoms. The first-order valence-corrected chi connectivity index (χ1v) is 9.96. The van der Waals surface area contributed by atoms with E-state index in [1.54, 1.807) is 17.7 Å². The van der Waals surface area contributed by atoms with Crippen LogP contribution in [0.25, 0.3) is 11.4 Å². The molecule has 0 radical (unpaired) electrons. The van der Waals surface area contributed by atoms with Gasteiger partial charge < -0.3 is 23.9 Å². The molecular weight excluding hydrogens is 412 g/mol. The van der Waals surface area contributed by atoms with Gasteiger partial charge in [0.2, 0.25) is 0 Å². The minimum atomic E-state index is -1.28. The van der Waals surface area contributed by atoms with Crippen LogP contribution in [-0.4, -0.2) is 47.6 Å². The van der Waals surface area contributed by atoms with E-state index in [4.69, 9.17) is 25.8 Å². The highest BCUT2D eigenvalue weighted by Crippen LogP contribution is 2.42. The van der Waals surface area contributed by atoms with Crippen molar-refractivity contribution in [1.29, 1.82) is 0 Å². The molecule has 0 aliphatic carbocycles. The molecule has 0 amide bonds. The zero-order valence-corrected chi connectivity index (χ0v) is 18.2.